The molecule has 2 heterocycles. The number of carbonyl (C=O) groups is 1. The fourth-order valence-electron chi connectivity index (χ4n) is 4.43. The van der Waals surface area contributed by atoms with Crippen LogP contribution in [0.3, 0.4) is 0 Å². The second-order valence-corrected chi connectivity index (χ2v) is 7.64. The summed E-state index contributed by atoms with van der Waals surface area (Å²) in [7, 11) is 0. The first kappa shape index (κ1) is 16.6. The van der Waals surface area contributed by atoms with Gasteiger partial charge in [-0.15, -0.1) is 0 Å². The first-order chi connectivity index (χ1) is 12.2. The molecule has 0 radical (unpaired) electrons. The molecule has 4 rings (SSSR count). The Bertz CT molecular complexity index is 756. The van der Waals surface area contributed by atoms with Crippen molar-refractivity contribution in [1.29, 1.82) is 0 Å². The highest BCUT2D eigenvalue weighted by molar-refractivity contribution is 5.99. The van der Waals surface area contributed by atoms with Crippen LogP contribution in [0.1, 0.15) is 60.6 Å². The van der Waals surface area contributed by atoms with Crippen LogP contribution in [0.15, 0.2) is 18.2 Å². The van der Waals surface area contributed by atoms with Gasteiger partial charge >= 0.3 is 0 Å². The van der Waals surface area contributed by atoms with E-state index in [4.69, 9.17) is 0 Å². The number of aromatic amines is 1. The maximum absolute atomic E-state index is 12.7. The third kappa shape index (κ3) is 3.45. The first-order valence-corrected chi connectivity index (χ1v) is 9.91. The molecule has 1 fully saturated rings. The minimum Gasteiger partial charge on any atom is -0.358 e. The number of nitrogens with one attached hydrogen (secondary N) is 2. The van der Waals surface area contributed by atoms with Crippen LogP contribution < -0.4 is 5.32 Å². The Morgan fingerprint density at radius 1 is 1.24 bits per heavy atom. The molecular formula is C21H29N3O. The Kier molecular flexibility index (Phi) is 4.80. The third-order valence-electron chi connectivity index (χ3n) is 5.82. The lowest BCUT2D eigenvalue weighted by atomic mass is 9.95. The lowest BCUT2D eigenvalue weighted by Gasteiger charge is -2.32. The van der Waals surface area contributed by atoms with E-state index in [9.17, 15) is 4.79 Å². The van der Waals surface area contributed by atoms with Gasteiger partial charge in [0.2, 0.25) is 0 Å². The molecule has 2 aliphatic rings. The Labute approximate surface area is 150 Å². The normalized spacial score (nSPS) is 19.1. The summed E-state index contributed by atoms with van der Waals surface area (Å²) in [4.78, 5) is 18.8. The molecule has 2 aromatic rings. The minimum absolute atomic E-state index is 0.0848. The number of nitrogens with zero attached hydrogens (tertiary/aromatic N) is 1. The predicted molar refractivity (Wildman–Crippen MR) is 102 cm³/mol. The van der Waals surface area contributed by atoms with Crippen LogP contribution in [0.4, 0.5) is 0 Å². The number of benzene rings is 1. The quantitative estimate of drug-likeness (QED) is 0.893. The minimum atomic E-state index is 0.0848. The number of aryl methyl sites for hydroxylation is 2. The van der Waals surface area contributed by atoms with Crippen molar-refractivity contribution >= 4 is 16.8 Å². The lowest BCUT2D eigenvalue weighted by Crippen LogP contribution is -2.44. The average Bonchev–Trinajstić information content (AvgIpc) is 3.01. The van der Waals surface area contributed by atoms with Crippen molar-refractivity contribution in [3.63, 3.8) is 0 Å². The topological polar surface area (TPSA) is 48.1 Å². The summed E-state index contributed by atoms with van der Waals surface area (Å²) in [6.45, 7) is 5.60. The molecule has 0 bridgehead atoms. The van der Waals surface area contributed by atoms with E-state index in [1.165, 1.54) is 48.0 Å². The molecule has 0 unspecified atom stereocenters. The molecule has 0 atom stereocenters. The van der Waals surface area contributed by atoms with Crippen molar-refractivity contribution in [2.24, 2.45) is 0 Å². The van der Waals surface area contributed by atoms with Crippen LogP contribution in [0.5, 0.6) is 0 Å². The summed E-state index contributed by atoms with van der Waals surface area (Å²) in [6, 6.07) is 6.45. The van der Waals surface area contributed by atoms with Crippen LogP contribution in [-0.4, -0.2) is 41.5 Å². The number of hydrogen-bond acceptors (Lipinski definition) is 2. The van der Waals surface area contributed by atoms with E-state index in [-0.39, 0.29) is 5.91 Å². The first-order valence-electron chi connectivity index (χ1n) is 9.91. The van der Waals surface area contributed by atoms with Gasteiger partial charge in [0.25, 0.3) is 5.91 Å². The number of fused-ring (bicyclic) bond motifs is 3. The summed E-state index contributed by atoms with van der Waals surface area (Å²) in [5.41, 5.74) is 4.79. The number of hydrogen-bond donors (Lipinski definition) is 2. The zero-order valence-corrected chi connectivity index (χ0v) is 15.2. The number of amides is 1. The molecule has 1 aromatic carbocycles. The van der Waals surface area contributed by atoms with Crippen molar-refractivity contribution in [3.05, 3.63) is 35.0 Å². The van der Waals surface area contributed by atoms with Crippen molar-refractivity contribution < 1.29 is 4.79 Å². The number of aromatic nitrogens is 1. The van der Waals surface area contributed by atoms with Gasteiger partial charge in [-0.05, 0) is 75.3 Å². The van der Waals surface area contributed by atoms with Gasteiger partial charge in [0.05, 0.1) is 0 Å². The van der Waals surface area contributed by atoms with Crippen LogP contribution in [0.25, 0.3) is 10.9 Å². The van der Waals surface area contributed by atoms with Gasteiger partial charge in [-0.25, -0.2) is 0 Å². The van der Waals surface area contributed by atoms with Crippen LogP contribution in [0.2, 0.25) is 0 Å². The number of likely N-dealkylation sites (tertiary alicyclic amines) is 1. The Balaban J connectivity index is 1.45. The summed E-state index contributed by atoms with van der Waals surface area (Å²) < 4.78 is 0. The molecule has 0 saturated carbocycles. The lowest BCUT2D eigenvalue weighted by molar-refractivity contribution is 0.0911. The predicted octanol–water partition coefficient (Wildman–Crippen LogP) is 3.65. The molecule has 1 saturated heterocycles. The second-order valence-electron chi connectivity index (χ2n) is 7.64. The van der Waals surface area contributed by atoms with E-state index in [1.807, 2.05) is 6.07 Å². The molecule has 1 aliphatic heterocycles. The average molecular weight is 339 g/mol. The third-order valence-corrected chi connectivity index (χ3v) is 5.82. The van der Waals surface area contributed by atoms with Gasteiger partial charge in [-0.2, -0.15) is 0 Å². The SMILES string of the molecule is CCCN1CCC(NC(=O)c2ccc3[nH]c4c(c3c2)CCCC4)CC1. The van der Waals surface area contributed by atoms with Crippen molar-refractivity contribution in [2.75, 3.05) is 19.6 Å². The van der Waals surface area contributed by atoms with E-state index in [0.717, 1.165) is 44.3 Å². The van der Waals surface area contributed by atoms with Gasteiger partial charge in [0.1, 0.15) is 0 Å². The van der Waals surface area contributed by atoms with Gasteiger partial charge in [-0.1, -0.05) is 6.92 Å². The molecule has 2 N–H and O–H groups in total. The molecule has 134 valence electrons. The fourth-order valence-corrected chi connectivity index (χ4v) is 4.43. The molecular weight excluding hydrogens is 310 g/mol. The summed E-state index contributed by atoms with van der Waals surface area (Å²) in [5.74, 6) is 0.0848. The molecule has 1 aliphatic carbocycles. The molecule has 1 aromatic heterocycles. The van der Waals surface area contributed by atoms with Crippen molar-refractivity contribution in [2.45, 2.75) is 57.9 Å². The van der Waals surface area contributed by atoms with E-state index >= 15 is 0 Å². The molecule has 4 nitrogen and oxygen atoms in total. The maximum Gasteiger partial charge on any atom is 0.251 e. The largest absolute Gasteiger partial charge is 0.358 e. The van der Waals surface area contributed by atoms with Gasteiger partial charge in [0.15, 0.2) is 0 Å². The molecule has 25 heavy (non-hydrogen) atoms. The zero-order chi connectivity index (χ0) is 17.2. The smallest absolute Gasteiger partial charge is 0.251 e. The standard InChI is InChI=1S/C21H29N3O/c1-2-11-24-12-9-16(10-13-24)22-21(25)15-7-8-20-18(14-15)17-5-3-4-6-19(17)23-20/h7-8,14,16,23H,2-6,9-13H2,1H3,(H,22,25). The number of carbonyl (C=O) groups excluding carboxylic acids is 1. The molecule has 4 heteroatoms. The van der Waals surface area contributed by atoms with Gasteiger partial charge < -0.3 is 15.2 Å². The van der Waals surface area contributed by atoms with E-state index in [0.29, 0.717) is 6.04 Å². The number of piperidine rings is 1. The Morgan fingerprint density at radius 2 is 2.04 bits per heavy atom. The van der Waals surface area contributed by atoms with Crippen molar-refractivity contribution in [1.82, 2.24) is 15.2 Å². The maximum atomic E-state index is 12.7. The van der Waals surface area contributed by atoms with E-state index in [1.54, 1.807) is 0 Å². The zero-order valence-electron chi connectivity index (χ0n) is 15.2. The van der Waals surface area contributed by atoms with Gasteiger partial charge in [0, 0.05) is 41.3 Å². The number of H-pyrrole nitrogens is 1. The fraction of sp³-hybridized carbons (Fsp3) is 0.571. The Hall–Kier alpha value is -1.81. The van der Waals surface area contributed by atoms with Crippen molar-refractivity contribution in [3.8, 4) is 0 Å². The summed E-state index contributed by atoms with van der Waals surface area (Å²) >= 11 is 0. The van der Waals surface area contributed by atoms with Crippen LogP contribution in [-0.2, 0) is 12.8 Å². The molecule has 1 amide bonds. The monoisotopic (exact) mass is 339 g/mol. The van der Waals surface area contributed by atoms with Crippen LogP contribution in [0, 0.1) is 0 Å². The van der Waals surface area contributed by atoms with E-state index in [2.05, 4.69) is 34.3 Å². The number of rotatable bonds is 4. The van der Waals surface area contributed by atoms with E-state index < -0.39 is 0 Å². The second kappa shape index (κ2) is 7.20. The van der Waals surface area contributed by atoms with Gasteiger partial charge in [-0.3, -0.25) is 4.79 Å². The molecule has 0 spiro atoms. The summed E-state index contributed by atoms with van der Waals surface area (Å²) in [5, 5.41) is 4.51. The highest BCUT2D eigenvalue weighted by Crippen LogP contribution is 2.29. The highest BCUT2D eigenvalue weighted by Gasteiger charge is 2.21. The Morgan fingerprint density at radius 3 is 2.84 bits per heavy atom. The van der Waals surface area contributed by atoms with Crippen LogP contribution >= 0.6 is 0 Å². The highest BCUT2D eigenvalue weighted by atomic mass is 16.1. The summed E-state index contributed by atoms with van der Waals surface area (Å²) in [6.07, 6.45) is 8.13.